The number of rotatable bonds is 1. The van der Waals surface area contributed by atoms with Crippen LogP contribution in [0.25, 0.3) is 0 Å². The summed E-state index contributed by atoms with van der Waals surface area (Å²) in [6, 6.07) is 0. The molecule has 0 aromatic rings. The van der Waals surface area contributed by atoms with Crippen LogP contribution in [0.1, 0.15) is 6.92 Å². The number of aliphatic imine (C=N–C) groups is 1. The molecule has 1 unspecified atom stereocenters. The van der Waals surface area contributed by atoms with Gasteiger partial charge in [-0.3, -0.25) is 9.79 Å². The van der Waals surface area contributed by atoms with Gasteiger partial charge in [0.15, 0.2) is 0 Å². The van der Waals surface area contributed by atoms with Crippen LogP contribution < -0.4 is 0 Å². The number of ketones is 1. The number of nitrogens with zero attached hydrogens (tertiary/aromatic N) is 2. The van der Waals surface area contributed by atoms with Gasteiger partial charge in [0.1, 0.15) is 5.78 Å². The molecule has 0 N–H and O–H groups in total. The zero-order chi connectivity index (χ0) is 7.56. The molecule has 1 aliphatic rings. The molecule has 0 fully saturated rings. The summed E-state index contributed by atoms with van der Waals surface area (Å²) in [5, 5.41) is 0. The third-order valence-electron chi connectivity index (χ3n) is 1.69. The third kappa shape index (κ3) is 1.56. The predicted molar refractivity (Wildman–Crippen MR) is 40.2 cm³/mol. The summed E-state index contributed by atoms with van der Waals surface area (Å²) in [6.07, 6.45) is 1.78. The second-order valence-electron chi connectivity index (χ2n) is 2.73. The molecule has 1 heterocycles. The number of hydrogen-bond donors (Lipinski definition) is 0. The first-order valence-corrected chi connectivity index (χ1v) is 3.41. The first-order chi connectivity index (χ1) is 4.70. The van der Waals surface area contributed by atoms with E-state index in [1.165, 1.54) is 0 Å². The molecule has 10 heavy (non-hydrogen) atoms. The molecular formula is C7H12N2O. The summed E-state index contributed by atoms with van der Waals surface area (Å²) >= 11 is 0. The fourth-order valence-electron chi connectivity index (χ4n) is 1.02. The van der Waals surface area contributed by atoms with Gasteiger partial charge in [-0.1, -0.05) is 0 Å². The smallest absolute Gasteiger partial charge is 0.136 e. The highest BCUT2D eigenvalue weighted by Gasteiger charge is 2.17. The highest BCUT2D eigenvalue weighted by molar-refractivity contribution is 5.79. The van der Waals surface area contributed by atoms with E-state index in [0.717, 1.165) is 6.54 Å². The molecule has 0 spiro atoms. The van der Waals surface area contributed by atoms with Crippen molar-refractivity contribution in [2.24, 2.45) is 10.9 Å². The Morgan fingerprint density at radius 3 is 2.90 bits per heavy atom. The van der Waals surface area contributed by atoms with E-state index in [0.29, 0.717) is 6.54 Å². The maximum absolute atomic E-state index is 10.8. The van der Waals surface area contributed by atoms with Gasteiger partial charge in [-0.2, -0.15) is 0 Å². The van der Waals surface area contributed by atoms with E-state index in [9.17, 15) is 4.79 Å². The first-order valence-electron chi connectivity index (χ1n) is 3.41. The van der Waals surface area contributed by atoms with Crippen LogP contribution >= 0.6 is 0 Å². The summed E-state index contributed by atoms with van der Waals surface area (Å²) in [4.78, 5) is 16.8. The fraction of sp³-hybridized carbons (Fsp3) is 0.714. The Morgan fingerprint density at radius 2 is 2.50 bits per heavy atom. The molecule has 0 aromatic heterocycles. The van der Waals surface area contributed by atoms with Gasteiger partial charge in [0.05, 0.1) is 18.8 Å². The monoisotopic (exact) mass is 140 g/mol. The van der Waals surface area contributed by atoms with Crippen LogP contribution in [-0.2, 0) is 4.79 Å². The second kappa shape index (κ2) is 2.82. The lowest BCUT2D eigenvalue weighted by atomic mass is 10.0. The van der Waals surface area contributed by atoms with Crippen molar-refractivity contribution in [3.8, 4) is 0 Å². The van der Waals surface area contributed by atoms with Gasteiger partial charge in [-0.15, -0.1) is 0 Å². The Hall–Kier alpha value is -0.860. The molecule has 0 aliphatic carbocycles. The van der Waals surface area contributed by atoms with Crippen molar-refractivity contribution in [3.05, 3.63) is 0 Å². The van der Waals surface area contributed by atoms with Crippen LogP contribution in [0.15, 0.2) is 4.99 Å². The van der Waals surface area contributed by atoms with Crippen LogP contribution in [0.3, 0.4) is 0 Å². The summed E-state index contributed by atoms with van der Waals surface area (Å²) < 4.78 is 0. The molecule has 1 aliphatic heterocycles. The van der Waals surface area contributed by atoms with Crippen LogP contribution in [0, 0.1) is 5.92 Å². The van der Waals surface area contributed by atoms with Crippen molar-refractivity contribution in [2.75, 3.05) is 20.1 Å². The van der Waals surface area contributed by atoms with E-state index in [1.807, 2.05) is 11.9 Å². The summed E-state index contributed by atoms with van der Waals surface area (Å²) in [7, 11) is 1.93. The molecule has 0 saturated carbocycles. The van der Waals surface area contributed by atoms with Crippen LogP contribution in [0.2, 0.25) is 0 Å². The quantitative estimate of drug-likeness (QED) is 0.520. The van der Waals surface area contributed by atoms with E-state index < -0.39 is 0 Å². The molecule has 56 valence electrons. The molecular weight excluding hydrogens is 128 g/mol. The standard InChI is InChI=1S/C7H12N2O/c1-6(10)7-3-8-5-9(2)4-7/h5,7H,3-4H2,1-2H3. The second-order valence-corrected chi connectivity index (χ2v) is 2.73. The minimum atomic E-state index is 0.120. The summed E-state index contributed by atoms with van der Waals surface area (Å²) in [6.45, 7) is 3.11. The molecule has 1 atom stereocenters. The lowest BCUT2D eigenvalue weighted by Gasteiger charge is -2.22. The highest BCUT2D eigenvalue weighted by atomic mass is 16.1. The molecule has 0 amide bonds. The molecule has 0 saturated heterocycles. The Labute approximate surface area is 60.7 Å². The molecule has 1 rings (SSSR count). The van der Waals surface area contributed by atoms with Gasteiger partial charge >= 0.3 is 0 Å². The Morgan fingerprint density at radius 1 is 1.80 bits per heavy atom. The van der Waals surface area contributed by atoms with Crippen molar-refractivity contribution in [2.45, 2.75) is 6.92 Å². The molecule has 0 aromatic carbocycles. The first kappa shape index (κ1) is 7.25. The average molecular weight is 140 g/mol. The SMILES string of the molecule is CC(=O)C1CN=CN(C)C1. The topological polar surface area (TPSA) is 32.7 Å². The zero-order valence-electron chi connectivity index (χ0n) is 6.37. The zero-order valence-corrected chi connectivity index (χ0v) is 6.37. The van der Waals surface area contributed by atoms with Crippen LogP contribution in [0.5, 0.6) is 0 Å². The Bertz CT molecular complexity index is 165. The lowest BCUT2D eigenvalue weighted by Crippen LogP contribution is -2.34. The number of Topliss-reactive ketones (excluding diaryl/α,β-unsaturated/α-hetero) is 1. The molecule has 3 nitrogen and oxygen atoms in total. The van der Waals surface area contributed by atoms with E-state index in [4.69, 9.17) is 0 Å². The average Bonchev–Trinajstić information content (AvgIpc) is 1.88. The maximum atomic E-state index is 10.8. The Kier molecular flexibility index (Phi) is 2.04. The molecule has 0 bridgehead atoms. The van der Waals surface area contributed by atoms with Crippen LogP contribution in [0.4, 0.5) is 0 Å². The van der Waals surface area contributed by atoms with E-state index >= 15 is 0 Å². The van der Waals surface area contributed by atoms with Crippen molar-refractivity contribution in [1.82, 2.24) is 4.90 Å². The lowest BCUT2D eigenvalue weighted by molar-refractivity contribution is -0.120. The van der Waals surface area contributed by atoms with E-state index in [2.05, 4.69) is 4.99 Å². The minimum absolute atomic E-state index is 0.120. The largest absolute Gasteiger partial charge is 0.365 e. The maximum Gasteiger partial charge on any atom is 0.136 e. The van der Waals surface area contributed by atoms with Crippen molar-refractivity contribution in [1.29, 1.82) is 0 Å². The van der Waals surface area contributed by atoms with Crippen LogP contribution in [-0.4, -0.2) is 37.2 Å². The molecule has 3 heteroatoms. The van der Waals surface area contributed by atoms with Gasteiger partial charge in [0.25, 0.3) is 0 Å². The van der Waals surface area contributed by atoms with Gasteiger partial charge < -0.3 is 4.90 Å². The normalized spacial score (nSPS) is 25.0. The van der Waals surface area contributed by atoms with E-state index in [-0.39, 0.29) is 11.7 Å². The predicted octanol–water partition coefficient (Wildman–Crippen LogP) is 0.165. The number of carbonyl (C=O) groups is 1. The van der Waals surface area contributed by atoms with Crippen molar-refractivity contribution < 1.29 is 4.79 Å². The van der Waals surface area contributed by atoms with Gasteiger partial charge in [0, 0.05) is 13.6 Å². The molecule has 0 radical (unpaired) electrons. The minimum Gasteiger partial charge on any atom is -0.365 e. The number of hydrogen-bond acceptors (Lipinski definition) is 3. The van der Waals surface area contributed by atoms with Crippen molar-refractivity contribution >= 4 is 12.1 Å². The highest BCUT2D eigenvalue weighted by Crippen LogP contribution is 2.04. The van der Waals surface area contributed by atoms with Gasteiger partial charge in [0.2, 0.25) is 0 Å². The summed E-state index contributed by atoms with van der Waals surface area (Å²) in [5.41, 5.74) is 0. The van der Waals surface area contributed by atoms with E-state index in [1.54, 1.807) is 13.3 Å². The van der Waals surface area contributed by atoms with Crippen molar-refractivity contribution in [3.63, 3.8) is 0 Å². The van der Waals surface area contributed by atoms with Gasteiger partial charge in [-0.25, -0.2) is 0 Å². The summed E-state index contributed by atoms with van der Waals surface area (Å²) in [5.74, 6) is 0.360. The fourth-order valence-corrected chi connectivity index (χ4v) is 1.02. The van der Waals surface area contributed by atoms with Gasteiger partial charge in [-0.05, 0) is 6.92 Å². The number of carbonyl (C=O) groups excluding carboxylic acids is 1. The third-order valence-corrected chi connectivity index (χ3v) is 1.69. The Balaban J connectivity index is 2.52.